The molecule has 0 aromatic carbocycles. The second-order valence-corrected chi connectivity index (χ2v) is 2.68. The fraction of sp³-hybridized carbons (Fsp3) is 0.167. The van der Waals surface area contributed by atoms with Crippen molar-refractivity contribution >= 4 is 28.3 Å². The maximum Gasteiger partial charge on any atom is 0.416 e. The molecule has 0 amide bonds. The third kappa shape index (κ3) is 2.98. The minimum Gasteiger partial charge on any atom is -0.249 e. The first-order chi connectivity index (χ1) is 5.00. The molecule has 6 heteroatoms. The van der Waals surface area contributed by atoms with Gasteiger partial charge in [0.05, 0.1) is 5.56 Å². The Hall–Kier alpha value is -0.290. The Morgan fingerprint density at radius 3 is 2.25 bits per heavy atom. The Bertz CT molecular complexity index is 263. The molecule has 0 N–H and O–H groups in total. The third-order valence-electron chi connectivity index (χ3n) is 1.05. The molecule has 1 aromatic heterocycles. The minimum atomic E-state index is -4.29. The average Bonchev–Trinajstić information content (AvgIpc) is 1.86. The molecule has 0 aliphatic rings. The monoisotopic (exact) mass is 261 g/mol. The summed E-state index contributed by atoms with van der Waals surface area (Å²) < 4.78 is 35.9. The SMILES string of the molecule is Cl.FC(F)(F)c1ccnc(Br)c1. The molecule has 0 aliphatic carbocycles. The van der Waals surface area contributed by atoms with Crippen LogP contribution in [-0.4, -0.2) is 4.98 Å². The van der Waals surface area contributed by atoms with Gasteiger partial charge in [0.25, 0.3) is 0 Å². The number of hydrogen-bond donors (Lipinski definition) is 0. The summed E-state index contributed by atoms with van der Waals surface area (Å²) in [5.74, 6) is 0. The van der Waals surface area contributed by atoms with Crippen molar-refractivity contribution in [2.45, 2.75) is 6.18 Å². The van der Waals surface area contributed by atoms with Gasteiger partial charge >= 0.3 is 6.18 Å². The van der Waals surface area contributed by atoms with Crippen LogP contribution in [0.25, 0.3) is 0 Å². The zero-order valence-corrected chi connectivity index (χ0v) is 8.00. The lowest BCUT2D eigenvalue weighted by Gasteiger charge is -2.04. The van der Waals surface area contributed by atoms with Crippen molar-refractivity contribution < 1.29 is 13.2 Å². The highest BCUT2D eigenvalue weighted by molar-refractivity contribution is 9.10. The molecule has 0 radical (unpaired) electrons. The summed E-state index contributed by atoms with van der Waals surface area (Å²) in [5, 5.41) is 0. The first-order valence-corrected chi connectivity index (χ1v) is 3.48. The molecule has 0 fully saturated rings. The molecule has 68 valence electrons. The molecule has 0 spiro atoms. The van der Waals surface area contributed by atoms with E-state index in [9.17, 15) is 13.2 Å². The second kappa shape index (κ2) is 4.09. The molecular weight excluding hydrogens is 258 g/mol. The van der Waals surface area contributed by atoms with Crippen LogP contribution in [0.15, 0.2) is 22.9 Å². The standard InChI is InChI=1S/C6H3BrF3N.ClH/c7-5-3-4(1-2-11-5)6(8,9)10;/h1-3H;1H. The lowest BCUT2D eigenvalue weighted by molar-refractivity contribution is -0.137. The summed E-state index contributed by atoms with van der Waals surface area (Å²) >= 11 is 2.84. The van der Waals surface area contributed by atoms with E-state index in [0.717, 1.165) is 18.3 Å². The van der Waals surface area contributed by atoms with Crippen LogP contribution < -0.4 is 0 Å². The van der Waals surface area contributed by atoms with Crippen molar-refractivity contribution in [3.8, 4) is 0 Å². The molecule has 0 atom stereocenters. The Kier molecular flexibility index (Phi) is 3.99. The van der Waals surface area contributed by atoms with E-state index in [-0.39, 0.29) is 17.0 Å². The van der Waals surface area contributed by atoms with Crippen LogP contribution in [0.3, 0.4) is 0 Å². The van der Waals surface area contributed by atoms with Crippen LogP contribution in [-0.2, 0) is 6.18 Å². The molecule has 1 heterocycles. The maximum absolute atomic E-state index is 11.9. The highest BCUT2D eigenvalue weighted by atomic mass is 79.9. The van der Waals surface area contributed by atoms with Crippen molar-refractivity contribution in [3.05, 3.63) is 28.5 Å². The van der Waals surface area contributed by atoms with E-state index in [0.29, 0.717) is 0 Å². The van der Waals surface area contributed by atoms with E-state index in [1.807, 2.05) is 0 Å². The van der Waals surface area contributed by atoms with Crippen molar-refractivity contribution in [2.75, 3.05) is 0 Å². The van der Waals surface area contributed by atoms with Crippen LogP contribution in [0, 0.1) is 0 Å². The first kappa shape index (κ1) is 11.7. The van der Waals surface area contributed by atoms with E-state index in [4.69, 9.17) is 0 Å². The van der Waals surface area contributed by atoms with Gasteiger partial charge in [-0.25, -0.2) is 4.98 Å². The minimum absolute atomic E-state index is 0. The maximum atomic E-state index is 11.9. The van der Waals surface area contributed by atoms with E-state index >= 15 is 0 Å². The average molecular weight is 262 g/mol. The van der Waals surface area contributed by atoms with Gasteiger partial charge in [-0.05, 0) is 28.1 Å². The molecule has 1 aromatic rings. The largest absolute Gasteiger partial charge is 0.416 e. The highest BCUT2D eigenvalue weighted by Crippen LogP contribution is 2.29. The molecule has 1 nitrogen and oxygen atoms in total. The van der Waals surface area contributed by atoms with Crippen molar-refractivity contribution in [1.29, 1.82) is 0 Å². The molecule has 0 bridgehead atoms. The third-order valence-corrected chi connectivity index (χ3v) is 1.49. The Morgan fingerprint density at radius 2 is 1.92 bits per heavy atom. The summed E-state index contributed by atoms with van der Waals surface area (Å²) in [6, 6.07) is 1.85. The van der Waals surface area contributed by atoms with Crippen molar-refractivity contribution in [3.63, 3.8) is 0 Å². The quantitative estimate of drug-likeness (QED) is 0.654. The predicted molar refractivity (Wildman–Crippen MR) is 44.2 cm³/mol. The summed E-state index contributed by atoms with van der Waals surface area (Å²) in [6.45, 7) is 0. The van der Waals surface area contributed by atoms with Crippen LogP contribution >= 0.6 is 28.3 Å². The lowest BCUT2D eigenvalue weighted by atomic mass is 10.3. The summed E-state index contributed by atoms with van der Waals surface area (Å²) in [6.07, 6.45) is -3.18. The zero-order chi connectivity index (χ0) is 8.48. The van der Waals surface area contributed by atoms with Crippen LogP contribution in [0.1, 0.15) is 5.56 Å². The fourth-order valence-electron chi connectivity index (χ4n) is 0.579. The molecule has 0 saturated heterocycles. The van der Waals surface area contributed by atoms with Gasteiger partial charge in [-0.2, -0.15) is 13.2 Å². The van der Waals surface area contributed by atoms with Gasteiger partial charge in [-0.1, -0.05) is 0 Å². The van der Waals surface area contributed by atoms with Crippen LogP contribution in [0.2, 0.25) is 0 Å². The summed E-state index contributed by atoms with van der Waals surface area (Å²) in [5.41, 5.74) is -0.695. The molecule has 1 rings (SSSR count). The number of aromatic nitrogens is 1. The molecule has 12 heavy (non-hydrogen) atoms. The van der Waals surface area contributed by atoms with Gasteiger partial charge in [0.2, 0.25) is 0 Å². The Balaban J connectivity index is 0.00000121. The number of alkyl halides is 3. The molecule has 0 aliphatic heterocycles. The van der Waals surface area contributed by atoms with Gasteiger partial charge in [0.15, 0.2) is 0 Å². The van der Waals surface area contributed by atoms with Crippen LogP contribution in [0.4, 0.5) is 13.2 Å². The van der Waals surface area contributed by atoms with Crippen molar-refractivity contribution in [1.82, 2.24) is 4.98 Å². The van der Waals surface area contributed by atoms with Gasteiger partial charge in [0, 0.05) is 6.20 Å². The topological polar surface area (TPSA) is 12.9 Å². The fourth-order valence-corrected chi connectivity index (χ4v) is 0.944. The van der Waals surface area contributed by atoms with Gasteiger partial charge in [0.1, 0.15) is 4.60 Å². The van der Waals surface area contributed by atoms with Gasteiger partial charge < -0.3 is 0 Å². The molecular formula is C6H4BrClF3N. The first-order valence-electron chi connectivity index (χ1n) is 2.69. The molecule has 0 unspecified atom stereocenters. The predicted octanol–water partition coefficient (Wildman–Crippen LogP) is 3.28. The second-order valence-electron chi connectivity index (χ2n) is 1.86. The summed E-state index contributed by atoms with van der Waals surface area (Å²) in [7, 11) is 0. The Labute approximate surface area is 81.5 Å². The van der Waals surface area contributed by atoms with Gasteiger partial charge in [-0.3, -0.25) is 0 Å². The number of rotatable bonds is 0. The Morgan fingerprint density at radius 1 is 1.33 bits per heavy atom. The normalized spacial score (nSPS) is 10.7. The number of hydrogen-bond acceptors (Lipinski definition) is 1. The number of halogens is 5. The van der Waals surface area contributed by atoms with Crippen molar-refractivity contribution in [2.24, 2.45) is 0 Å². The van der Waals surface area contributed by atoms with E-state index < -0.39 is 11.7 Å². The van der Waals surface area contributed by atoms with Gasteiger partial charge in [-0.15, -0.1) is 12.4 Å². The van der Waals surface area contributed by atoms with E-state index in [1.165, 1.54) is 0 Å². The van der Waals surface area contributed by atoms with E-state index in [1.54, 1.807) is 0 Å². The molecule has 0 saturated carbocycles. The highest BCUT2D eigenvalue weighted by Gasteiger charge is 2.30. The lowest BCUT2D eigenvalue weighted by Crippen LogP contribution is -2.04. The van der Waals surface area contributed by atoms with Crippen LogP contribution in [0.5, 0.6) is 0 Å². The van der Waals surface area contributed by atoms with E-state index in [2.05, 4.69) is 20.9 Å². The smallest absolute Gasteiger partial charge is 0.249 e. The zero-order valence-electron chi connectivity index (χ0n) is 5.60. The number of nitrogens with zero attached hydrogens (tertiary/aromatic N) is 1. The number of pyridine rings is 1. The summed E-state index contributed by atoms with van der Waals surface area (Å²) in [4.78, 5) is 3.57.